The van der Waals surface area contributed by atoms with Crippen LogP contribution >= 0.6 is 0 Å². The molecule has 0 radical (unpaired) electrons. The number of piperidine rings is 1. The Hall–Kier alpha value is -3.79. The van der Waals surface area contributed by atoms with Gasteiger partial charge in [-0.1, -0.05) is 0 Å². The van der Waals surface area contributed by atoms with Crippen LogP contribution in [-0.4, -0.2) is 47.1 Å². The average Bonchev–Trinajstić information content (AvgIpc) is 2.79. The van der Waals surface area contributed by atoms with Crippen LogP contribution in [0.3, 0.4) is 0 Å². The van der Waals surface area contributed by atoms with E-state index in [4.69, 9.17) is 16.2 Å². The van der Waals surface area contributed by atoms with Gasteiger partial charge in [0.15, 0.2) is 11.5 Å². The first-order chi connectivity index (χ1) is 15.5. The largest absolute Gasteiger partial charge is 0.481 e. The molecule has 1 aliphatic rings. The zero-order valence-electron chi connectivity index (χ0n) is 17.6. The van der Waals surface area contributed by atoms with E-state index in [1.165, 1.54) is 13.3 Å². The van der Waals surface area contributed by atoms with Gasteiger partial charge in [-0.25, -0.2) is 14.4 Å². The lowest BCUT2D eigenvalue weighted by Gasteiger charge is -2.33. The molecule has 166 valence electrons. The van der Waals surface area contributed by atoms with Crippen molar-refractivity contribution in [2.24, 2.45) is 5.73 Å². The minimum absolute atomic E-state index is 0.0619. The number of nitrogens with two attached hydrogens (primary N) is 2. The van der Waals surface area contributed by atoms with Crippen molar-refractivity contribution in [3.8, 4) is 17.1 Å². The van der Waals surface area contributed by atoms with Crippen molar-refractivity contribution in [1.29, 1.82) is 0 Å². The Labute approximate surface area is 184 Å². The number of carbonyl (C=O) groups is 1. The van der Waals surface area contributed by atoms with Gasteiger partial charge in [0.05, 0.1) is 35.9 Å². The Bertz CT molecular complexity index is 1140. The number of nitrogens with one attached hydrogen (secondary N) is 1. The minimum Gasteiger partial charge on any atom is -0.481 e. The number of ether oxygens (including phenoxy) is 1. The van der Waals surface area contributed by atoms with Gasteiger partial charge in [-0.2, -0.15) is 0 Å². The molecule has 32 heavy (non-hydrogen) atoms. The van der Waals surface area contributed by atoms with Crippen LogP contribution < -0.4 is 26.4 Å². The predicted octanol–water partition coefficient (Wildman–Crippen LogP) is 2.45. The van der Waals surface area contributed by atoms with Crippen molar-refractivity contribution in [3.05, 3.63) is 54.4 Å². The molecule has 4 heterocycles. The number of rotatable bonds is 5. The van der Waals surface area contributed by atoms with Gasteiger partial charge in [-0.15, -0.1) is 0 Å². The Morgan fingerprint density at radius 3 is 2.97 bits per heavy atom. The summed E-state index contributed by atoms with van der Waals surface area (Å²) in [4.78, 5) is 27.6. The smallest absolute Gasteiger partial charge is 0.276 e. The Balaban J connectivity index is 1.67. The third-order valence-electron chi connectivity index (χ3n) is 5.28. The highest BCUT2D eigenvalue weighted by molar-refractivity contribution is 6.08. The molecule has 5 N–H and O–H groups in total. The highest BCUT2D eigenvalue weighted by Gasteiger charge is 2.23. The number of hydrogen-bond acceptors (Lipinski definition) is 8. The molecule has 0 aliphatic carbocycles. The maximum absolute atomic E-state index is 14.7. The minimum atomic E-state index is -0.685. The highest BCUT2D eigenvalue weighted by atomic mass is 19.1. The summed E-state index contributed by atoms with van der Waals surface area (Å²) in [5.74, 6) is -1.08. The summed E-state index contributed by atoms with van der Waals surface area (Å²) >= 11 is 0. The molecule has 1 amide bonds. The van der Waals surface area contributed by atoms with Crippen LogP contribution in [0.2, 0.25) is 0 Å². The number of aromatic nitrogens is 3. The molecule has 0 unspecified atom stereocenters. The van der Waals surface area contributed by atoms with E-state index in [-0.39, 0.29) is 29.0 Å². The lowest BCUT2D eigenvalue weighted by atomic mass is 10.1. The van der Waals surface area contributed by atoms with Gasteiger partial charge in [0, 0.05) is 37.6 Å². The number of pyridine rings is 3. The molecule has 0 aromatic carbocycles. The number of carbonyl (C=O) groups excluding carboxylic acids is 1. The summed E-state index contributed by atoms with van der Waals surface area (Å²) in [6.45, 7) is 1.50. The Morgan fingerprint density at radius 2 is 2.19 bits per heavy atom. The number of halogens is 1. The quantitative estimate of drug-likeness (QED) is 0.554. The summed E-state index contributed by atoms with van der Waals surface area (Å²) in [6, 6.07) is 6.18. The van der Waals surface area contributed by atoms with Crippen LogP contribution in [0.1, 0.15) is 23.3 Å². The van der Waals surface area contributed by atoms with Crippen molar-refractivity contribution < 1.29 is 13.9 Å². The summed E-state index contributed by atoms with van der Waals surface area (Å²) < 4.78 is 19.9. The van der Waals surface area contributed by atoms with E-state index in [0.717, 1.165) is 31.1 Å². The van der Waals surface area contributed by atoms with Crippen molar-refractivity contribution >= 4 is 23.0 Å². The molecule has 1 atom stereocenters. The van der Waals surface area contributed by atoms with E-state index in [1.807, 2.05) is 6.07 Å². The van der Waals surface area contributed by atoms with Gasteiger partial charge >= 0.3 is 0 Å². The normalized spacial score (nSPS) is 16.0. The standard InChI is InChI=1S/C22H24FN7O2/c1-32-22-14(5-2-7-27-22)19-15(23)10-16(25)20(29-19)21(31)28-17-11-26-8-6-18(17)30-9-3-4-13(24)12-30/h2,5-8,10-11,13H,3-4,9,12,24-25H2,1H3,(H,28,31)/t13-/m0/s1. The van der Waals surface area contributed by atoms with Gasteiger partial charge in [0.2, 0.25) is 5.88 Å². The molecule has 0 bridgehead atoms. The number of amides is 1. The van der Waals surface area contributed by atoms with Crippen LogP contribution in [0.4, 0.5) is 21.5 Å². The van der Waals surface area contributed by atoms with Crippen LogP contribution in [0.5, 0.6) is 5.88 Å². The second-order valence-corrected chi connectivity index (χ2v) is 7.51. The SMILES string of the molecule is COc1ncccc1-c1nc(C(=O)Nc2cnccc2N2CCC[C@H](N)C2)c(N)cc1F. The average molecular weight is 437 g/mol. The first-order valence-electron chi connectivity index (χ1n) is 10.2. The zero-order valence-corrected chi connectivity index (χ0v) is 17.6. The lowest BCUT2D eigenvalue weighted by molar-refractivity contribution is 0.102. The third-order valence-corrected chi connectivity index (χ3v) is 5.28. The third kappa shape index (κ3) is 4.30. The van der Waals surface area contributed by atoms with Crippen LogP contribution in [0, 0.1) is 5.82 Å². The molecular formula is C22H24FN7O2. The van der Waals surface area contributed by atoms with Gasteiger partial charge in [0.25, 0.3) is 5.91 Å². The van der Waals surface area contributed by atoms with Crippen LogP contribution in [0.15, 0.2) is 42.9 Å². The van der Waals surface area contributed by atoms with Crippen LogP contribution in [0.25, 0.3) is 11.3 Å². The van der Waals surface area contributed by atoms with Gasteiger partial charge in [0.1, 0.15) is 5.69 Å². The van der Waals surface area contributed by atoms with E-state index in [0.29, 0.717) is 17.8 Å². The molecule has 3 aromatic rings. The lowest BCUT2D eigenvalue weighted by Crippen LogP contribution is -2.43. The number of methoxy groups -OCH3 is 1. The molecule has 1 aliphatic heterocycles. The molecule has 3 aromatic heterocycles. The molecule has 1 fully saturated rings. The number of nitrogen functional groups attached to an aromatic ring is 1. The first kappa shape index (κ1) is 21.4. The van der Waals surface area contributed by atoms with Crippen LogP contribution in [-0.2, 0) is 0 Å². The van der Waals surface area contributed by atoms with Gasteiger partial charge in [-0.3, -0.25) is 9.78 Å². The molecular weight excluding hydrogens is 413 g/mol. The monoisotopic (exact) mass is 437 g/mol. The van der Waals surface area contributed by atoms with E-state index < -0.39 is 11.7 Å². The second-order valence-electron chi connectivity index (χ2n) is 7.51. The molecule has 0 spiro atoms. The number of nitrogens with zero attached hydrogens (tertiary/aromatic N) is 4. The Kier molecular flexibility index (Phi) is 6.13. The van der Waals surface area contributed by atoms with Gasteiger partial charge < -0.3 is 26.4 Å². The van der Waals surface area contributed by atoms with Gasteiger partial charge in [-0.05, 0) is 31.0 Å². The molecule has 9 nitrogen and oxygen atoms in total. The fraction of sp³-hybridized carbons (Fsp3) is 0.273. The van der Waals surface area contributed by atoms with E-state index >= 15 is 0 Å². The van der Waals surface area contributed by atoms with Crippen molar-refractivity contribution in [2.45, 2.75) is 18.9 Å². The Morgan fingerprint density at radius 1 is 1.34 bits per heavy atom. The molecule has 4 rings (SSSR count). The second kappa shape index (κ2) is 9.15. The topological polar surface area (TPSA) is 132 Å². The maximum Gasteiger partial charge on any atom is 0.276 e. The fourth-order valence-electron chi connectivity index (χ4n) is 3.78. The van der Waals surface area contributed by atoms with Crippen molar-refractivity contribution in [3.63, 3.8) is 0 Å². The number of anilines is 3. The van der Waals surface area contributed by atoms with E-state index in [9.17, 15) is 9.18 Å². The fourth-order valence-corrected chi connectivity index (χ4v) is 3.78. The van der Waals surface area contributed by atoms with E-state index in [1.54, 1.807) is 24.5 Å². The van der Waals surface area contributed by atoms with E-state index in [2.05, 4.69) is 25.2 Å². The number of hydrogen-bond donors (Lipinski definition) is 3. The summed E-state index contributed by atoms with van der Waals surface area (Å²) in [7, 11) is 1.42. The predicted molar refractivity (Wildman–Crippen MR) is 120 cm³/mol. The van der Waals surface area contributed by atoms with Crippen molar-refractivity contribution in [1.82, 2.24) is 15.0 Å². The zero-order chi connectivity index (χ0) is 22.7. The maximum atomic E-state index is 14.7. The molecule has 1 saturated heterocycles. The summed E-state index contributed by atoms with van der Waals surface area (Å²) in [5.41, 5.74) is 13.4. The summed E-state index contributed by atoms with van der Waals surface area (Å²) in [5, 5.41) is 2.81. The van der Waals surface area contributed by atoms with Crippen molar-refractivity contribution in [2.75, 3.05) is 36.1 Å². The first-order valence-corrected chi connectivity index (χ1v) is 10.2. The highest BCUT2D eigenvalue weighted by Crippen LogP contribution is 2.31. The summed E-state index contributed by atoms with van der Waals surface area (Å²) in [6.07, 6.45) is 6.64. The molecule has 10 heteroatoms. The molecule has 0 saturated carbocycles.